The van der Waals surface area contributed by atoms with Gasteiger partial charge in [0.2, 0.25) is 0 Å². The number of phenolic OH excluding ortho intramolecular Hbond substituents is 1. The molecule has 0 aliphatic rings. The lowest BCUT2D eigenvalue weighted by Crippen LogP contribution is -2.50. The van der Waals surface area contributed by atoms with Crippen LogP contribution in [0, 0.1) is 0 Å². The van der Waals surface area contributed by atoms with Crippen LogP contribution in [0.15, 0.2) is 46.9 Å². The fourth-order valence-corrected chi connectivity index (χ4v) is 4.68. The predicted octanol–water partition coefficient (Wildman–Crippen LogP) is 6.29. The van der Waals surface area contributed by atoms with Crippen LogP contribution in [0.4, 0.5) is 13.2 Å². The highest BCUT2D eigenvalue weighted by atomic mass is 79.9. The summed E-state index contributed by atoms with van der Waals surface area (Å²) < 4.78 is 43.2. The van der Waals surface area contributed by atoms with Crippen LogP contribution in [0.25, 0.3) is 10.9 Å². The molecule has 0 saturated carbocycles. The van der Waals surface area contributed by atoms with Crippen LogP contribution in [-0.4, -0.2) is 45.5 Å². The molecule has 2 aromatic carbocycles. The van der Waals surface area contributed by atoms with Gasteiger partial charge in [-0.1, -0.05) is 42.8 Å². The van der Waals surface area contributed by atoms with Gasteiger partial charge in [0.1, 0.15) is 5.75 Å². The Morgan fingerprint density at radius 2 is 1.76 bits per heavy atom. The summed E-state index contributed by atoms with van der Waals surface area (Å²) in [4.78, 5) is 5.17. The minimum absolute atomic E-state index is 0.108. The topological polar surface area (TPSA) is 59.5 Å². The summed E-state index contributed by atoms with van der Waals surface area (Å²) in [6.07, 6.45) is -6.10. The van der Waals surface area contributed by atoms with Crippen LogP contribution in [0.5, 0.6) is 5.75 Å². The molecule has 0 radical (unpaired) electrons. The highest BCUT2D eigenvalue weighted by molar-refractivity contribution is 9.10. The molecule has 3 aromatic rings. The first-order chi connectivity index (χ1) is 15.2. The summed E-state index contributed by atoms with van der Waals surface area (Å²) in [5, 5.41) is 22.0. The zero-order valence-corrected chi connectivity index (χ0v) is 20.8. The van der Waals surface area contributed by atoms with Gasteiger partial charge >= 0.3 is 6.18 Å². The number of nitrogens with zero attached hydrogens (tertiary/aromatic N) is 1. The second-order valence-electron chi connectivity index (χ2n) is 9.47. The van der Waals surface area contributed by atoms with Crippen LogP contribution in [0.3, 0.4) is 0 Å². The summed E-state index contributed by atoms with van der Waals surface area (Å²) in [5.74, 6) is -0.108. The predicted molar refractivity (Wildman–Crippen MR) is 128 cm³/mol. The number of hydrogen-bond acceptors (Lipinski definition) is 3. The van der Waals surface area contributed by atoms with Crippen LogP contribution in [-0.2, 0) is 18.4 Å². The number of phenols is 1. The normalized spacial score (nSPS) is 14.7. The van der Waals surface area contributed by atoms with Crippen molar-refractivity contribution in [3.63, 3.8) is 0 Å². The van der Waals surface area contributed by atoms with E-state index in [1.54, 1.807) is 32.0 Å². The maximum Gasteiger partial charge on any atom is 0.417 e. The van der Waals surface area contributed by atoms with Gasteiger partial charge in [0.05, 0.1) is 0 Å². The Morgan fingerprint density at radius 1 is 1.06 bits per heavy atom. The lowest BCUT2D eigenvalue weighted by Gasteiger charge is -2.38. The van der Waals surface area contributed by atoms with Crippen molar-refractivity contribution in [3.05, 3.63) is 63.8 Å². The number of aromatic nitrogens is 1. The highest BCUT2D eigenvalue weighted by Crippen LogP contribution is 2.45. The molecule has 1 aromatic heterocycles. The number of alkyl halides is 3. The number of hydrogen-bond donors (Lipinski definition) is 3. The van der Waals surface area contributed by atoms with Crippen LogP contribution in [0.2, 0.25) is 0 Å². The molecule has 0 spiro atoms. The van der Waals surface area contributed by atoms with Crippen molar-refractivity contribution in [2.75, 3.05) is 13.6 Å². The molecule has 3 N–H and O–H groups in total. The smallest absolute Gasteiger partial charge is 0.417 e. The molecule has 0 fully saturated rings. The largest absolute Gasteiger partial charge is 0.508 e. The lowest BCUT2D eigenvalue weighted by molar-refractivity contribution is -0.266. The Morgan fingerprint density at radius 3 is 2.39 bits per heavy atom. The molecule has 33 heavy (non-hydrogen) atoms. The molecule has 0 saturated heterocycles. The molecule has 8 heteroatoms. The first kappa shape index (κ1) is 25.6. The van der Waals surface area contributed by atoms with E-state index >= 15 is 0 Å². The quantitative estimate of drug-likeness (QED) is 0.323. The van der Waals surface area contributed by atoms with E-state index in [1.165, 1.54) is 6.07 Å². The maximum absolute atomic E-state index is 14.2. The van der Waals surface area contributed by atoms with Crippen molar-refractivity contribution in [1.82, 2.24) is 9.88 Å². The van der Waals surface area contributed by atoms with E-state index in [1.807, 2.05) is 25.2 Å². The van der Waals surface area contributed by atoms with E-state index in [4.69, 9.17) is 0 Å². The average molecular weight is 527 g/mol. The van der Waals surface area contributed by atoms with Gasteiger partial charge in [0.25, 0.3) is 0 Å². The third-order valence-corrected chi connectivity index (χ3v) is 6.66. The van der Waals surface area contributed by atoms with E-state index in [-0.39, 0.29) is 5.75 Å². The van der Waals surface area contributed by atoms with Crippen molar-refractivity contribution in [3.8, 4) is 5.75 Å². The first-order valence-corrected chi connectivity index (χ1v) is 11.6. The van der Waals surface area contributed by atoms with Crippen molar-refractivity contribution in [2.24, 2.45) is 0 Å². The van der Waals surface area contributed by atoms with E-state index in [2.05, 4.69) is 32.7 Å². The van der Waals surface area contributed by atoms with Crippen LogP contribution in [0.1, 0.15) is 44.0 Å². The fourth-order valence-electron chi connectivity index (χ4n) is 4.31. The van der Waals surface area contributed by atoms with E-state index < -0.39 is 30.0 Å². The van der Waals surface area contributed by atoms with Crippen molar-refractivity contribution >= 4 is 26.8 Å². The standard InChI is InChI=1S/C25H30BrF3N2O2/c1-5-31(4)14-16-6-8-21-17(10-16)11-19(30-21)13-24(33,25(27,28)29)15-23(2,3)20-12-18(26)7-9-22(20)32/h6-12,30,32-33H,5,13-15H2,1-4H3. The molecule has 1 atom stereocenters. The Kier molecular flexibility index (Phi) is 7.22. The maximum atomic E-state index is 14.2. The van der Waals surface area contributed by atoms with E-state index in [0.717, 1.165) is 29.6 Å². The third kappa shape index (κ3) is 5.73. The SMILES string of the molecule is CCN(C)Cc1ccc2[nH]c(CC(O)(CC(C)(C)c3cc(Br)ccc3O)C(F)(F)F)cc2c1. The summed E-state index contributed by atoms with van der Waals surface area (Å²) in [5.41, 5.74) is -1.71. The monoisotopic (exact) mass is 526 g/mol. The van der Waals surface area contributed by atoms with Crippen LogP contribution < -0.4 is 0 Å². The molecular weight excluding hydrogens is 497 g/mol. The average Bonchev–Trinajstić information content (AvgIpc) is 3.09. The zero-order valence-electron chi connectivity index (χ0n) is 19.2. The second-order valence-corrected chi connectivity index (χ2v) is 10.4. The third-order valence-electron chi connectivity index (χ3n) is 6.17. The van der Waals surface area contributed by atoms with Gasteiger partial charge in [0, 0.05) is 34.2 Å². The minimum atomic E-state index is -4.86. The summed E-state index contributed by atoms with van der Waals surface area (Å²) in [7, 11) is 2.00. The molecule has 0 amide bonds. The number of nitrogens with one attached hydrogen (secondary N) is 1. The molecular formula is C25H30BrF3N2O2. The molecule has 1 unspecified atom stereocenters. The molecule has 1 heterocycles. The second kappa shape index (κ2) is 9.31. The van der Waals surface area contributed by atoms with Gasteiger partial charge in [-0.05, 0) is 72.8 Å². The highest BCUT2D eigenvalue weighted by Gasteiger charge is 2.56. The number of fused-ring (bicyclic) bond motifs is 1. The number of aromatic hydroxyl groups is 1. The van der Waals surface area contributed by atoms with E-state index in [9.17, 15) is 23.4 Å². The number of aliphatic hydroxyl groups is 1. The summed E-state index contributed by atoms with van der Waals surface area (Å²) in [6, 6.07) is 12.1. The van der Waals surface area contributed by atoms with Gasteiger partial charge in [-0.25, -0.2) is 0 Å². The molecule has 3 rings (SSSR count). The Labute approximate surface area is 200 Å². The number of benzene rings is 2. The van der Waals surface area contributed by atoms with Crippen molar-refractivity contribution in [1.29, 1.82) is 0 Å². The minimum Gasteiger partial charge on any atom is -0.508 e. The summed E-state index contributed by atoms with van der Waals surface area (Å²) in [6.45, 7) is 6.86. The molecule has 4 nitrogen and oxygen atoms in total. The Hall–Kier alpha value is -2.03. The Balaban J connectivity index is 1.93. The molecule has 0 bridgehead atoms. The van der Waals surface area contributed by atoms with Gasteiger partial charge in [-0.15, -0.1) is 0 Å². The summed E-state index contributed by atoms with van der Waals surface area (Å²) >= 11 is 3.30. The fraction of sp³-hybridized carbons (Fsp3) is 0.440. The molecule has 0 aliphatic heterocycles. The van der Waals surface area contributed by atoms with Gasteiger partial charge in [-0.2, -0.15) is 13.2 Å². The lowest BCUT2D eigenvalue weighted by atomic mass is 9.73. The number of aromatic amines is 1. The van der Waals surface area contributed by atoms with E-state index in [0.29, 0.717) is 15.7 Å². The Bertz CT molecular complexity index is 1130. The van der Waals surface area contributed by atoms with Crippen molar-refractivity contribution in [2.45, 2.75) is 57.3 Å². The number of H-pyrrole nitrogens is 1. The van der Waals surface area contributed by atoms with Crippen LogP contribution >= 0.6 is 15.9 Å². The van der Waals surface area contributed by atoms with Gasteiger partial charge in [0.15, 0.2) is 5.60 Å². The zero-order chi connectivity index (χ0) is 24.6. The first-order valence-electron chi connectivity index (χ1n) is 10.8. The number of rotatable bonds is 8. The van der Waals surface area contributed by atoms with Gasteiger partial charge in [-0.3, -0.25) is 0 Å². The van der Waals surface area contributed by atoms with Gasteiger partial charge < -0.3 is 20.1 Å². The number of halogens is 4. The molecule has 180 valence electrons. The molecule has 0 aliphatic carbocycles. The van der Waals surface area contributed by atoms with Crippen molar-refractivity contribution < 1.29 is 23.4 Å².